The van der Waals surface area contributed by atoms with Gasteiger partial charge in [-0.1, -0.05) is 30.4 Å². The first kappa shape index (κ1) is 8.87. The van der Waals surface area contributed by atoms with Crippen molar-refractivity contribution in [2.24, 2.45) is 5.73 Å². The molecular weight excluding hydrogens is 173 g/mol. The normalized spacial score (nSPS) is 10.4. The lowest BCUT2D eigenvalue weighted by Gasteiger charge is -1.91. The summed E-state index contributed by atoms with van der Waals surface area (Å²) in [5.41, 5.74) is 6.12. The van der Waals surface area contributed by atoms with E-state index in [-0.39, 0.29) is 5.82 Å². The van der Waals surface area contributed by atoms with Gasteiger partial charge in [-0.15, -0.1) is 0 Å². The van der Waals surface area contributed by atoms with Gasteiger partial charge >= 0.3 is 0 Å². The molecule has 0 radical (unpaired) electrons. The zero-order valence-corrected chi connectivity index (χ0v) is 7.14. The number of halogens is 1. The molecule has 1 aromatic rings. The molecule has 0 aliphatic carbocycles. The summed E-state index contributed by atoms with van der Waals surface area (Å²) in [4.78, 5) is 0.319. The Morgan fingerprint density at radius 3 is 2.42 bits per heavy atom. The summed E-state index contributed by atoms with van der Waals surface area (Å²) in [6.07, 6.45) is 3.34. The van der Waals surface area contributed by atoms with Gasteiger partial charge in [-0.25, -0.2) is 4.39 Å². The lowest BCUT2D eigenvalue weighted by molar-refractivity contribution is 0.628. The lowest BCUT2D eigenvalue weighted by atomic mass is 10.2. The maximum atomic E-state index is 12.4. The van der Waals surface area contributed by atoms with Crippen LogP contribution in [0.3, 0.4) is 0 Å². The fourth-order valence-corrected chi connectivity index (χ4v) is 0.820. The Balaban J connectivity index is 2.77. The SMILES string of the molecule is NC(=S)/C=C/c1ccc(F)cc1. The van der Waals surface area contributed by atoms with E-state index in [1.54, 1.807) is 24.3 Å². The van der Waals surface area contributed by atoms with Gasteiger partial charge in [-0.05, 0) is 23.8 Å². The summed E-state index contributed by atoms with van der Waals surface area (Å²) in [5, 5.41) is 0. The van der Waals surface area contributed by atoms with Crippen molar-refractivity contribution in [3.63, 3.8) is 0 Å². The Bertz CT molecular complexity index is 303. The fraction of sp³-hybridized carbons (Fsp3) is 0. The molecule has 0 bridgehead atoms. The minimum Gasteiger partial charge on any atom is -0.390 e. The highest BCUT2D eigenvalue weighted by molar-refractivity contribution is 7.80. The number of rotatable bonds is 2. The van der Waals surface area contributed by atoms with Gasteiger partial charge in [0.1, 0.15) is 5.82 Å². The summed E-state index contributed by atoms with van der Waals surface area (Å²) in [6.45, 7) is 0. The second-order valence-electron chi connectivity index (χ2n) is 2.29. The summed E-state index contributed by atoms with van der Waals surface area (Å²) in [5.74, 6) is -0.248. The van der Waals surface area contributed by atoms with Gasteiger partial charge < -0.3 is 5.73 Å². The molecule has 62 valence electrons. The molecule has 0 aromatic heterocycles. The highest BCUT2D eigenvalue weighted by Crippen LogP contribution is 2.04. The quantitative estimate of drug-likeness (QED) is 0.558. The van der Waals surface area contributed by atoms with E-state index in [1.807, 2.05) is 0 Å². The second-order valence-corrected chi connectivity index (χ2v) is 2.76. The summed E-state index contributed by atoms with van der Waals surface area (Å²) < 4.78 is 12.4. The van der Waals surface area contributed by atoms with Crippen LogP contribution in [0, 0.1) is 5.82 Å². The highest BCUT2D eigenvalue weighted by Gasteiger charge is 1.88. The fourth-order valence-electron chi connectivity index (χ4n) is 0.752. The number of hydrogen-bond donors (Lipinski definition) is 1. The first-order valence-corrected chi connectivity index (χ1v) is 3.82. The van der Waals surface area contributed by atoms with Crippen molar-refractivity contribution < 1.29 is 4.39 Å². The van der Waals surface area contributed by atoms with Crippen LogP contribution in [0.15, 0.2) is 30.3 Å². The predicted octanol–water partition coefficient (Wildman–Crippen LogP) is 2.12. The number of benzene rings is 1. The van der Waals surface area contributed by atoms with Crippen LogP contribution in [0.1, 0.15) is 5.56 Å². The van der Waals surface area contributed by atoms with Crippen LogP contribution >= 0.6 is 12.2 Å². The topological polar surface area (TPSA) is 26.0 Å². The zero-order valence-electron chi connectivity index (χ0n) is 6.33. The monoisotopic (exact) mass is 181 g/mol. The van der Waals surface area contributed by atoms with Gasteiger partial charge in [0.05, 0.1) is 4.99 Å². The molecule has 0 atom stereocenters. The molecule has 12 heavy (non-hydrogen) atoms. The largest absolute Gasteiger partial charge is 0.390 e. The van der Waals surface area contributed by atoms with E-state index in [9.17, 15) is 4.39 Å². The Morgan fingerprint density at radius 1 is 1.33 bits per heavy atom. The molecule has 1 rings (SSSR count). The smallest absolute Gasteiger partial charge is 0.123 e. The van der Waals surface area contributed by atoms with E-state index in [2.05, 4.69) is 12.2 Å². The number of nitrogens with two attached hydrogens (primary N) is 1. The maximum absolute atomic E-state index is 12.4. The minimum atomic E-state index is -0.248. The van der Waals surface area contributed by atoms with Crippen LogP contribution in [-0.2, 0) is 0 Å². The van der Waals surface area contributed by atoms with Gasteiger partial charge in [0.25, 0.3) is 0 Å². The molecule has 0 fully saturated rings. The van der Waals surface area contributed by atoms with E-state index in [0.717, 1.165) is 5.56 Å². The molecule has 0 saturated carbocycles. The average molecular weight is 181 g/mol. The Labute approximate surface area is 75.7 Å². The maximum Gasteiger partial charge on any atom is 0.123 e. The number of hydrogen-bond acceptors (Lipinski definition) is 1. The lowest BCUT2D eigenvalue weighted by Crippen LogP contribution is -2.01. The minimum absolute atomic E-state index is 0.248. The number of thiocarbonyl (C=S) groups is 1. The van der Waals surface area contributed by atoms with Crippen LogP contribution < -0.4 is 5.73 Å². The van der Waals surface area contributed by atoms with Crippen molar-refractivity contribution in [3.05, 3.63) is 41.7 Å². The Morgan fingerprint density at radius 2 is 1.92 bits per heavy atom. The standard InChI is InChI=1S/C9H8FNS/c10-8-4-1-7(2-5-8)3-6-9(11)12/h1-6H,(H2,11,12)/b6-3+. The first-order valence-electron chi connectivity index (χ1n) is 3.41. The van der Waals surface area contributed by atoms with Crippen LogP contribution in [0.25, 0.3) is 6.08 Å². The van der Waals surface area contributed by atoms with E-state index in [4.69, 9.17) is 5.73 Å². The third-order valence-electron chi connectivity index (χ3n) is 1.31. The van der Waals surface area contributed by atoms with Crippen LogP contribution in [-0.4, -0.2) is 4.99 Å². The second kappa shape index (κ2) is 3.97. The molecule has 0 spiro atoms. The molecule has 0 saturated heterocycles. The van der Waals surface area contributed by atoms with E-state index in [0.29, 0.717) is 4.99 Å². The summed E-state index contributed by atoms with van der Waals surface area (Å²) in [6, 6.07) is 6.09. The van der Waals surface area contributed by atoms with Gasteiger partial charge in [-0.2, -0.15) is 0 Å². The molecule has 1 nitrogen and oxygen atoms in total. The molecule has 2 N–H and O–H groups in total. The van der Waals surface area contributed by atoms with E-state index < -0.39 is 0 Å². The molecule has 0 aliphatic heterocycles. The van der Waals surface area contributed by atoms with Crippen LogP contribution in [0.5, 0.6) is 0 Å². The van der Waals surface area contributed by atoms with Gasteiger partial charge in [0, 0.05) is 0 Å². The predicted molar refractivity (Wildman–Crippen MR) is 52.2 cm³/mol. The third-order valence-corrected chi connectivity index (χ3v) is 1.45. The molecular formula is C9H8FNS. The van der Waals surface area contributed by atoms with Gasteiger partial charge in [0.2, 0.25) is 0 Å². The van der Waals surface area contributed by atoms with Crippen molar-refractivity contribution >= 4 is 23.3 Å². The van der Waals surface area contributed by atoms with Crippen LogP contribution in [0.2, 0.25) is 0 Å². The van der Waals surface area contributed by atoms with Crippen molar-refractivity contribution in [1.82, 2.24) is 0 Å². The molecule has 1 aromatic carbocycles. The highest BCUT2D eigenvalue weighted by atomic mass is 32.1. The van der Waals surface area contributed by atoms with Crippen molar-refractivity contribution in [3.8, 4) is 0 Å². The summed E-state index contributed by atoms with van der Waals surface area (Å²) in [7, 11) is 0. The third kappa shape index (κ3) is 2.80. The van der Waals surface area contributed by atoms with E-state index >= 15 is 0 Å². The molecule has 0 heterocycles. The molecule has 0 amide bonds. The molecule has 3 heteroatoms. The van der Waals surface area contributed by atoms with Crippen molar-refractivity contribution in [2.75, 3.05) is 0 Å². The Kier molecular flexibility index (Phi) is 2.94. The van der Waals surface area contributed by atoms with Gasteiger partial charge in [0.15, 0.2) is 0 Å². The van der Waals surface area contributed by atoms with Gasteiger partial charge in [-0.3, -0.25) is 0 Å². The summed E-state index contributed by atoms with van der Waals surface area (Å²) >= 11 is 4.64. The van der Waals surface area contributed by atoms with Crippen molar-refractivity contribution in [2.45, 2.75) is 0 Å². The molecule has 0 aliphatic rings. The zero-order chi connectivity index (χ0) is 8.97. The Hall–Kier alpha value is -1.22. The molecule has 0 unspecified atom stereocenters. The average Bonchev–Trinajstić information content (AvgIpc) is 2.03. The van der Waals surface area contributed by atoms with Crippen LogP contribution in [0.4, 0.5) is 4.39 Å². The van der Waals surface area contributed by atoms with Crippen molar-refractivity contribution in [1.29, 1.82) is 0 Å². The first-order chi connectivity index (χ1) is 5.68. The van der Waals surface area contributed by atoms with E-state index in [1.165, 1.54) is 12.1 Å².